The lowest BCUT2D eigenvalue weighted by Crippen LogP contribution is -2.44. The van der Waals surface area contributed by atoms with Gasteiger partial charge in [-0.1, -0.05) is 18.2 Å². The molecule has 2 heterocycles. The van der Waals surface area contributed by atoms with Crippen LogP contribution in [0.1, 0.15) is 24.6 Å². The maximum atomic E-state index is 9.50. The van der Waals surface area contributed by atoms with E-state index in [0.29, 0.717) is 0 Å². The predicted molar refractivity (Wildman–Crippen MR) is 89.1 cm³/mol. The highest BCUT2D eigenvalue weighted by Gasteiger charge is 2.42. The molecule has 0 saturated heterocycles. The Kier molecular flexibility index (Phi) is 4.26. The molecule has 0 amide bonds. The fraction of sp³-hybridized carbons (Fsp3) is 0.556. The van der Waals surface area contributed by atoms with Crippen LogP contribution in [0.25, 0.3) is 10.9 Å². The number of H-pyrrole nitrogens is 1. The van der Waals surface area contributed by atoms with Crippen molar-refractivity contribution in [1.82, 2.24) is 9.88 Å². The lowest BCUT2D eigenvalue weighted by Gasteiger charge is -2.41. The van der Waals surface area contributed by atoms with Crippen LogP contribution in [0.15, 0.2) is 24.3 Å². The van der Waals surface area contributed by atoms with Crippen LogP contribution in [-0.4, -0.2) is 48.8 Å². The molecule has 3 rings (SSSR count). The predicted octanol–water partition coefficient (Wildman–Crippen LogP) is 2.52. The van der Waals surface area contributed by atoms with Crippen molar-refractivity contribution in [2.45, 2.75) is 25.4 Å². The third kappa shape index (κ3) is 2.56. The number of nitrogens with one attached hydrogen (secondary N) is 1. The van der Waals surface area contributed by atoms with Crippen molar-refractivity contribution in [1.29, 1.82) is 0 Å². The molecule has 2 aromatic rings. The van der Waals surface area contributed by atoms with Crippen LogP contribution in [0.5, 0.6) is 0 Å². The number of aromatic nitrogens is 1. The number of hydrogen-bond acceptors (Lipinski definition) is 3. The fourth-order valence-corrected chi connectivity index (χ4v) is 3.78. The summed E-state index contributed by atoms with van der Waals surface area (Å²) in [5.41, 5.74) is 3.38. The van der Waals surface area contributed by atoms with E-state index >= 15 is 0 Å². The van der Waals surface area contributed by atoms with Gasteiger partial charge in [-0.05, 0) is 45.5 Å². The van der Waals surface area contributed by atoms with E-state index in [-0.39, 0.29) is 18.1 Å². The zero-order valence-electron chi connectivity index (χ0n) is 13.7. The smallest absolute Gasteiger partial charge is 0.109 e. The number of hydrogen-bond donors (Lipinski definition) is 2. The van der Waals surface area contributed by atoms with Gasteiger partial charge in [0, 0.05) is 30.0 Å². The van der Waals surface area contributed by atoms with Crippen LogP contribution in [0.2, 0.25) is 0 Å². The van der Waals surface area contributed by atoms with Crippen molar-refractivity contribution in [2.24, 2.45) is 5.92 Å². The summed E-state index contributed by atoms with van der Waals surface area (Å²) >= 11 is 0. The van der Waals surface area contributed by atoms with Gasteiger partial charge in [0.25, 0.3) is 0 Å². The minimum Gasteiger partial charge on any atom is -0.396 e. The third-order valence-corrected chi connectivity index (χ3v) is 4.91. The first kappa shape index (κ1) is 15.5. The fourth-order valence-electron chi connectivity index (χ4n) is 3.78. The SMILES string of the molecule is CN(C)CC(CCO)C1(C)OCCc2c1[nH]c1ccccc21. The van der Waals surface area contributed by atoms with Crippen molar-refractivity contribution in [3.05, 3.63) is 35.5 Å². The van der Waals surface area contributed by atoms with Crippen molar-refractivity contribution < 1.29 is 9.84 Å². The van der Waals surface area contributed by atoms with Crippen LogP contribution in [0.4, 0.5) is 0 Å². The number of nitrogens with zero attached hydrogens (tertiary/aromatic N) is 1. The number of rotatable bonds is 5. The highest BCUT2D eigenvalue weighted by atomic mass is 16.5. The van der Waals surface area contributed by atoms with Gasteiger partial charge in [-0.15, -0.1) is 0 Å². The standard InChI is InChI=1S/C18H26N2O2/c1-18(13(8-10-21)12-20(2)3)17-15(9-11-22-18)14-6-4-5-7-16(14)19-17/h4-7,13,19,21H,8-12H2,1-3H3. The Morgan fingerprint density at radius 1 is 1.36 bits per heavy atom. The number of ether oxygens (including phenoxy) is 1. The summed E-state index contributed by atoms with van der Waals surface area (Å²) in [7, 11) is 4.14. The van der Waals surface area contributed by atoms with Crippen molar-refractivity contribution >= 4 is 10.9 Å². The van der Waals surface area contributed by atoms with Gasteiger partial charge >= 0.3 is 0 Å². The van der Waals surface area contributed by atoms with E-state index in [1.165, 1.54) is 22.2 Å². The molecule has 1 aliphatic rings. The maximum Gasteiger partial charge on any atom is 0.109 e. The summed E-state index contributed by atoms with van der Waals surface area (Å²) < 4.78 is 6.27. The second-order valence-electron chi connectivity index (χ2n) is 6.70. The van der Waals surface area contributed by atoms with Crippen LogP contribution < -0.4 is 0 Å². The highest BCUT2D eigenvalue weighted by molar-refractivity contribution is 5.85. The van der Waals surface area contributed by atoms with Crippen LogP contribution in [0, 0.1) is 5.92 Å². The molecule has 0 saturated carbocycles. The zero-order chi connectivity index (χ0) is 15.7. The van der Waals surface area contributed by atoms with Gasteiger partial charge < -0.3 is 19.7 Å². The minimum absolute atomic E-state index is 0.188. The number of fused-ring (bicyclic) bond motifs is 3. The summed E-state index contributed by atoms with van der Waals surface area (Å²) in [6, 6.07) is 8.46. The van der Waals surface area contributed by atoms with E-state index in [9.17, 15) is 5.11 Å². The number of benzene rings is 1. The largest absolute Gasteiger partial charge is 0.396 e. The monoisotopic (exact) mass is 302 g/mol. The van der Waals surface area contributed by atoms with Crippen molar-refractivity contribution in [3.63, 3.8) is 0 Å². The highest BCUT2D eigenvalue weighted by Crippen LogP contribution is 2.42. The molecule has 0 bridgehead atoms. The molecule has 22 heavy (non-hydrogen) atoms. The summed E-state index contributed by atoms with van der Waals surface area (Å²) in [5, 5.41) is 10.8. The zero-order valence-corrected chi connectivity index (χ0v) is 13.7. The molecule has 1 aromatic heterocycles. The first-order valence-electron chi connectivity index (χ1n) is 8.06. The summed E-state index contributed by atoms with van der Waals surface area (Å²) in [6.45, 7) is 3.99. The molecular formula is C18H26N2O2. The average Bonchev–Trinajstić information content (AvgIpc) is 2.87. The normalized spacial score (nSPS) is 23.0. The first-order valence-corrected chi connectivity index (χ1v) is 8.06. The molecule has 120 valence electrons. The summed E-state index contributed by atoms with van der Waals surface area (Å²) in [4.78, 5) is 5.77. The Bertz CT molecular complexity index is 650. The van der Waals surface area contributed by atoms with Gasteiger partial charge in [-0.3, -0.25) is 0 Å². The molecule has 2 unspecified atom stereocenters. The second kappa shape index (κ2) is 6.03. The topological polar surface area (TPSA) is 48.5 Å². The second-order valence-corrected chi connectivity index (χ2v) is 6.70. The van der Waals surface area contributed by atoms with E-state index in [1.807, 2.05) is 0 Å². The molecule has 2 N–H and O–H groups in total. The Labute approximate surface area is 132 Å². The van der Waals surface area contributed by atoms with Crippen molar-refractivity contribution in [3.8, 4) is 0 Å². The summed E-state index contributed by atoms with van der Waals surface area (Å²) in [6.07, 6.45) is 1.69. The molecule has 0 fully saturated rings. The molecular weight excluding hydrogens is 276 g/mol. The average molecular weight is 302 g/mol. The number of aliphatic hydroxyl groups is 1. The molecule has 2 atom stereocenters. The number of aliphatic hydroxyl groups excluding tert-OH is 1. The molecule has 1 aliphatic heterocycles. The minimum atomic E-state index is -0.375. The number of aromatic amines is 1. The maximum absolute atomic E-state index is 9.50. The van der Waals surface area contributed by atoms with E-state index in [4.69, 9.17) is 4.74 Å². The van der Waals surface area contributed by atoms with E-state index in [2.05, 4.69) is 55.2 Å². The Morgan fingerprint density at radius 3 is 2.86 bits per heavy atom. The lowest BCUT2D eigenvalue weighted by atomic mass is 9.80. The molecule has 1 aromatic carbocycles. The van der Waals surface area contributed by atoms with Gasteiger partial charge in [0.15, 0.2) is 0 Å². The molecule has 0 radical (unpaired) electrons. The van der Waals surface area contributed by atoms with Gasteiger partial charge in [0.2, 0.25) is 0 Å². The molecule has 4 nitrogen and oxygen atoms in total. The summed E-state index contributed by atoms with van der Waals surface area (Å²) in [5.74, 6) is 0.250. The van der Waals surface area contributed by atoms with Crippen LogP contribution in [0.3, 0.4) is 0 Å². The van der Waals surface area contributed by atoms with Gasteiger partial charge in [-0.25, -0.2) is 0 Å². The van der Waals surface area contributed by atoms with Crippen LogP contribution in [-0.2, 0) is 16.8 Å². The third-order valence-electron chi connectivity index (χ3n) is 4.91. The van der Waals surface area contributed by atoms with Gasteiger partial charge in [0.05, 0.1) is 12.3 Å². The molecule has 0 aliphatic carbocycles. The lowest BCUT2D eigenvalue weighted by molar-refractivity contribution is -0.101. The van der Waals surface area contributed by atoms with Crippen LogP contribution >= 0.6 is 0 Å². The quantitative estimate of drug-likeness (QED) is 0.892. The van der Waals surface area contributed by atoms with Crippen molar-refractivity contribution in [2.75, 3.05) is 33.9 Å². The Morgan fingerprint density at radius 2 is 2.14 bits per heavy atom. The van der Waals surface area contributed by atoms with E-state index in [0.717, 1.165) is 26.0 Å². The molecule has 0 spiro atoms. The first-order chi connectivity index (χ1) is 10.6. The molecule has 4 heteroatoms. The van der Waals surface area contributed by atoms with Gasteiger partial charge in [-0.2, -0.15) is 0 Å². The van der Waals surface area contributed by atoms with E-state index in [1.54, 1.807) is 0 Å². The Hall–Kier alpha value is -1.36. The van der Waals surface area contributed by atoms with E-state index < -0.39 is 0 Å². The number of para-hydroxylation sites is 1. The Balaban J connectivity index is 2.08. The van der Waals surface area contributed by atoms with Gasteiger partial charge in [0.1, 0.15) is 5.60 Å².